The van der Waals surface area contributed by atoms with Gasteiger partial charge in [0.1, 0.15) is 0 Å². The minimum atomic E-state index is -2.01. The zero-order valence-corrected chi connectivity index (χ0v) is 28.5. The lowest BCUT2D eigenvalue weighted by atomic mass is 9.95. The van der Waals surface area contributed by atoms with Gasteiger partial charge in [0.2, 0.25) is 0 Å². The average molecular weight is 638 g/mol. The molecular weight excluding hydrogens is 603 g/mol. The molecule has 0 saturated carbocycles. The van der Waals surface area contributed by atoms with Crippen molar-refractivity contribution in [1.82, 2.24) is 0 Å². The summed E-state index contributed by atoms with van der Waals surface area (Å²) in [5.74, 6) is 0. The van der Waals surface area contributed by atoms with Gasteiger partial charge >= 0.3 is 0 Å². The fraction of sp³-hybridized carbons (Fsp3) is 0.143. The van der Waals surface area contributed by atoms with E-state index in [1.165, 1.54) is 66.4 Å². The van der Waals surface area contributed by atoms with Crippen molar-refractivity contribution in [2.75, 3.05) is 0 Å². The van der Waals surface area contributed by atoms with Gasteiger partial charge in [-0.3, -0.25) is 0 Å². The second-order valence-electron chi connectivity index (χ2n) is 13.4. The van der Waals surface area contributed by atoms with E-state index in [1.54, 1.807) is 0 Å². The zero-order chi connectivity index (χ0) is 31.0. The van der Waals surface area contributed by atoms with Crippen molar-refractivity contribution < 1.29 is 0 Å². The van der Waals surface area contributed by atoms with Crippen LogP contribution in [0.4, 0.5) is 0 Å². The maximum atomic E-state index is 6.82. The molecule has 0 nitrogen and oxygen atoms in total. The normalized spacial score (nSPS) is 17.4. The van der Waals surface area contributed by atoms with Gasteiger partial charge in [0, 0.05) is 31.9 Å². The third-order valence-corrected chi connectivity index (χ3v) is 15.4. The minimum Gasteiger partial charge on any atom is -0.0836 e. The van der Waals surface area contributed by atoms with Gasteiger partial charge in [0.25, 0.3) is 0 Å². The summed E-state index contributed by atoms with van der Waals surface area (Å²) < 4.78 is 0. The van der Waals surface area contributed by atoms with Crippen molar-refractivity contribution >= 4 is 65.0 Å². The molecule has 0 spiro atoms. The van der Waals surface area contributed by atoms with Gasteiger partial charge in [0.15, 0.2) is 0 Å². The van der Waals surface area contributed by atoms with Gasteiger partial charge in [-0.05, 0) is 93.4 Å². The molecule has 6 aromatic rings. The van der Waals surface area contributed by atoms with Gasteiger partial charge in [-0.15, -0.1) is 0 Å². The van der Waals surface area contributed by atoms with Crippen molar-refractivity contribution in [3.05, 3.63) is 153 Å². The molecule has 0 bridgehead atoms. The Morgan fingerprint density at radius 1 is 0.511 bits per heavy atom. The first-order valence-electron chi connectivity index (χ1n) is 15.7. The fourth-order valence-corrected chi connectivity index (χ4v) is 14.1. The Morgan fingerprint density at radius 3 is 1.38 bits per heavy atom. The van der Waals surface area contributed by atoms with E-state index in [0.29, 0.717) is 11.1 Å². The van der Waals surface area contributed by atoms with Crippen LogP contribution in [0.15, 0.2) is 120 Å². The Hall–Kier alpha value is -3.88. The molecule has 2 aliphatic carbocycles. The molecule has 0 fully saturated rings. The van der Waals surface area contributed by atoms with Crippen molar-refractivity contribution in [3.8, 4) is 22.3 Å². The van der Waals surface area contributed by atoms with Crippen LogP contribution < -0.4 is 0 Å². The topological polar surface area (TPSA) is 0 Å². The number of halogens is 2. The van der Waals surface area contributed by atoms with Gasteiger partial charge < -0.3 is 0 Å². The van der Waals surface area contributed by atoms with Crippen LogP contribution in [0.3, 0.4) is 0 Å². The Balaban J connectivity index is 1.22. The van der Waals surface area contributed by atoms with Crippen LogP contribution in [0, 0.1) is 0 Å². The van der Waals surface area contributed by atoms with Crippen molar-refractivity contribution in [1.29, 1.82) is 0 Å². The first kappa shape index (κ1) is 28.6. The predicted molar refractivity (Wildman–Crippen MR) is 199 cm³/mol. The number of rotatable bonds is 4. The average Bonchev–Trinajstić information content (AvgIpc) is 3.57. The summed E-state index contributed by atoms with van der Waals surface area (Å²) in [6.07, 6.45) is 4.91. The molecule has 220 valence electrons. The molecule has 2 atom stereocenters. The van der Waals surface area contributed by atoms with E-state index in [1.807, 2.05) is 0 Å². The third-order valence-electron chi connectivity index (χ3n) is 10.3. The maximum Gasteiger partial charge on any atom is 0.0722 e. The maximum absolute atomic E-state index is 6.82. The predicted octanol–water partition coefficient (Wildman–Crippen LogP) is 13.1. The summed E-state index contributed by atoms with van der Waals surface area (Å²) in [4.78, 5) is 0. The zero-order valence-electron chi connectivity index (χ0n) is 26.0. The van der Waals surface area contributed by atoms with E-state index in [9.17, 15) is 0 Å². The van der Waals surface area contributed by atoms with Gasteiger partial charge in [-0.1, -0.05) is 145 Å². The van der Waals surface area contributed by atoms with Gasteiger partial charge in [-0.2, -0.15) is 0 Å². The summed E-state index contributed by atoms with van der Waals surface area (Å²) in [5, 5.41) is 6.15. The molecule has 8 rings (SSSR count). The van der Waals surface area contributed by atoms with E-state index in [2.05, 4.69) is 148 Å². The van der Waals surface area contributed by atoms with E-state index >= 15 is 0 Å². The largest absolute Gasteiger partial charge is 0.0836 e. The molecule has 3 heteroatoms. The highest BCUT2D eigenvalue weighted by atomic mass is 35.5. The highest BCUT2D eigenvalue weighted by molar-refractivity contribution is 6.81. The minimum absolute atomic E-state index is 0.418. The van der Waals surface area contributed by atoms with Crippen LogP contribution in [0.25, 0.3) is 56.0 Å². The highest BCUT2D eigenvalue weighted by Crippen LogP contribution is 2.54. The lowest BCUT2D eigenvalue weighted by molar-refractivity contribution is 0.968. The van der Waals surface area contributed by atoms with Crippen LogP contribution in [0.1, 0.15) is 47.2 Å². The van der Waals surface area contributed by atoms with E-state index in [4.69, 9.17) is 23.2 Å². The molecule has 0 radical (unpaired) electrons. The first-order valence-corrected chi connectivity index (χ1v) is 19.6. The van der Waals surface area contributed by atoms with Gasteiger partial charge in [0.05, 0.1) is 8.07 Å². The van der Waals surface area contributed by atoms with Crippen molar-refractivity contribution in [2.24, 2.45) is 0 Å². The quantitative estimate of drug-likeness (QED) is 0.169. The molecule has 0 aliphatic heterocycles. The summed E-state index contributed by atoms with van der Waals surface area (Å²) >= 11 is 13.6. The molecule has 0 N–H and O–H groups in total. The number of hydrogen-bond donors (Lipinski definition) is 0. The van der Waals surface area contributed by atoms with Crippen LogP contribution >= 0.6 is 23.2 Å². The van der Waals surface area contributed by atoms with E-state index in [-0.39, 0.29) is 0 Å². The standard InChI is InChI=1S/C42H34Cl2Si/c1-25-19-37-31(29-21-27-11-5-7-13-33(27)39(43)23-29)15-9-17-35(37)41(25)45(3,4)42-26(2)20-38-32(16-10-18-36(38)42)30-22-28-12-6-8-14-34(28)40(44)24-30/h5-24,41-42H,1-4H3. The smallest absolute Gasteiger partial charge is 0.0722 e. The Morgan fingerprint density at radius 2 is 0.933 bits per heavy atom. The van der Waals surface area contributed by atoms with Crippen LogP contribution in [0.5, 0.6) is 0 Å². The molecule has 0 heterocycles. The first-order chi connectivity index (χ1) is 21.7. The second-order valence-corrected chi connectivity index (χ2v) is 19.1. The number of hydrogen-bond acceptors (Lipinski definition) is 0. The Bertz CT molecular complexity index is 2100. The molecule has 2 aliphatic rings. The molecular formula is C42H34Cl2Si. The Kier molecular flexibility index (Phi) is 6.73. The highest BCUT2D eigenvalue weighted by Gasteiger charge is 2.47. The SMILES string of the molecule is CC1=Cc2c(-c3cc(Cl)c4ccccc4c3)cccc2C1[Si](C)(C)C1C(C)=Cc2c(-c3cc(Cl)c4ccccc4c3)cccc21. The van der Waals surface area contributed by atoms with Crippen LogP contribution in [-0.2, 0) is 0 Å². The van der Waals surface area contributed by atoms with Crippen LogP contribution in [-0.4, -0.2) is 8.07 Å². The number of allylic oxidation sites excluding steroid dienone is 2. The Labute approximate surface area is 276 Å². The lowest BCUT2D eigenvalue weighted by Crippen LogP contribution is -2.42. The lowest BCUT2D eigenvalue weighted by Gasteiger charge is -2.39. The number of fused-ring (bicyclic) bond motifs is 4. The summed E-state index contributed by atoms with van der Waals surface area (Å²) in [6.45, 7) is 9.89. The van der Waals surface area contributed by atoms with Crippen LogP contribution in [0.2, 0.25) is 23.1 Å². The van der Waals surface area contributed by atoms with Gasteiger partial charge in [-0.25, -0.2) is 0 Å². The van der Waals surface area contributed by atoms with E-state index in [0.717, 1.165) is 20.8 Å². The molecule has 0 saturated heterocycles. The van der Waals surface area contributed by atoms with Crippen molar-refractivity contribution in [3.63, 3.8) is 0 Å². The van der Waals surface area contributed by atoms with E-state index < -0.39 is 8.07 Å². The molecule has 0 aromatic heterocycles. The third kappa shape index (κ3) is 4.48. The van der Waals surface area contributed by atoms with Crippen molar-refractivity contribution in [2.45, 2.75) is 38.0 Å². The molecule has 0 amide bonds. The summed E-state index contributed by atoms with van der Waals surface area (Å²) in [7, 11) is -2.01. The fourth-order valence-electron chi connectivity index (χ4n) is 8.59. The summed E-state index contributed by atoms with van der Waals surface area (Å²) in [6, 6.07) is 39.4. The molecule has 45 heavy (non-hydrogen) atoms. The monoisotopic (exact) mass is 636 g/mol. The molecule has 6 aromatic carbocycles. The second kappa shape index (κ2) is 10.6. The summed E-state index contributed by atoms with van der Waals surface area (Å²) in [5.41, 5.74) is 14.3. The molecule has 2 unspecified atom stereocenters. The number of benzene rings is 6.